The average molecular weight is 260 g/mol. The Labute approximate surface area is 113 Å². The Hall–Kier alpha value is -1.84. The maximum Gasteiger partial charge on any atom is 0.231 e. The minimum atomic E-state index is -0.108. The van der Waals surface area contributed by atoms with Gasteiger partial charge >= 0.3 is 0 Å². The number of aryl methyl sites for hydroxylation is 2. The summed E-state index contributed by atoms with van der Waals surface area (Å²) in [6.45, 7) is 4.50. The molecule has 0 saturated carbocycles. The van der Waals surface area contributed by atoms with Crippen LogP contribution in [0.1, 0.15) is 24.0 Å². The molecular weight excluding hydrogens is 240 g/mol. The molecule has 4 nitrogen and oxygen atoms in total. The molecule has 1 aliphatic rings. The number of piperidine rings is 1. The Bertz CT molecular complexity index is 501. The van der Waals surface area contributed by atoms with Crippen LogP contribution in [0.2, 0.25) is 0 Å². The number of nitrogens with zero attached hydrogens (tertiary/aromatic N) is 1. The molecule has 1 aromatic carbocycles. The summed E-state index contributed by atoms with van der Waals surface area (Å²) in [4.78, 5) is 25.2. The van der Waals surface area contributed by atoms with E-state index >= 15 is 0 Å². The highest BCUT2D eigenvalue weighted by Crippen LogP contribution is 2.23. The molecule has 1 saturated heterocycles. The molecule has 2 amide bonds. The van der Waals surface area contributed by atoms with E-state index in [1.807, 2.05) is 26.0 Å². The normalized spacial score (nSPS) is 18.9. The third kappa shape index (κ3) is 2.95. The standard InChI is InChI=1S/C15H20N2O2/c1-10-4-6-13(11(2)8-10)17(3)15(19)12-5-7-14(18)16-9-12/h4,6,8,12H,5,7,9H2,1-3H3,(H,16,18). The van der Waals surface area contributed by atoms with Crippen molar-refractivity contribution in [3.05, 3.63) is 29.3 Å². The van der Waals surface area contributed by atoms with Crippen molar-refractivity contribution in [3.8, 4) is 0 Å². The highest BCUT2D eigenvalue weighted by atomic mass is 16.2. The van der Waals surface area contributed by atoms with Crippen LogP contribution >= 0.6 is 0 Å². The Morgan fingerprint density at radius 1 is 1.37 bits per heavy atom. The van der Waals surface area contributed by atoms with E-state index in [4.69, 9.17) is 0 Å². The van der Waals surface area contributed by atoms with E-state index in [0.29, 0.717) is 19.4 Å². The van der Waals surface area contributed by atoms with E-state index in [0.717, 1.165) is 11.3 Å². The van der Waals surface area contributed by atoms with Crippen molar-refractivity contribution in [1.82, 2.24) is 5.32 Å². The molecule has 0 aromatic heterocycles. The zero-order chi connectivity index (χ0) is 14.0. The van der Waals surface area contributed by atoms with E-state index in [1.54, 1.807) is 11.9 Å². The van der Waals surface area contributed by atoms with Crippen molar-refractivity contribution >= 4 is 17.5 Å². The van der Waals surface area contributed by atoms with Gasteiger partial charge in [0.25, 0.3) is 0 Å². The zero-order valence-corrected chi connectivity index (χ0v) is 11.7. The van der Waals surface area contributed by atoms with Gasteiger partial charge in [0, 0.05) is 25.7 Å². The lowest BCUT2D eigenvalue weighted by Crippen LogP contribution is -2.43. The first-order valence-corrected chi connectivity index (χ1v) is 6.60. The van der Waals surface area contributed by atoms with Gasteiger partial charge in [-0.3, -0.25) is 9.59 Å². The molecule has 0 spiro atoms. The van der Waals surface area contributed by atoms with Crippen molar-refractivity contribution in [2.24, 2.45) is 5.92 Å². The second kappa shape index (κ2) is 5.43. The zero-order valence-electron chi connectivity index (χ0n) is 11.7. The molecule has 0 bridgehead atoms. The minimum Gasteiger partial charge on any atom is -0.355 e. The first kappa shape index (κ1) is 13.6. The Morgan fingerprint density at radius 2 is 2.11 bits per heavy atom. The van der Waals surface area contributed by atoms with Crippen molar-refractivity contribution in [2.45, 2.75) is 26.7 Å². The van der Waals surface area contributed by atoms with Crippen LogP contribution in [0.4, 0.5) is 5.69 Å². The third-order valence-corrected chi connectivity index (χ3v) is 3.66. The molecule has 4 heteroatoms. The number of carbonyl (C=O) groups excluding carboxylic acids is 2. The van der Waals surface area contributed by atoms with Gasteiger partial charge in [-0.05, 0) is 31.9 Å². The summed E-state index contributed by atoms with van der Waals surface area (Å²) in [6, 6.07) is 6.06. The molecule has 2 rings (SSSR count). The summed E-state index contributed by atoms with van der Waals surface area (Å²) in [5, 5.41) is 2.76. The van der Waals surface area contributed by atoms with Gasteiger partial charge in [0.2, 0.25) is 11.8 Å². The van der Waals surface area contributed by atoms with E-state index < -0.39 is 0 Å². The maximum atomic E-state index is 12.4. The quantitative estimate of drug-likeness (QED) is 0.881. The number of benzene rings is 1. The molecule has 1 heterocycles. The highest BCUT2D eigenvalue weighted by molar-refractivity contribution is 5.96. The van der Waals surface area contributed by atoms with Crippen molar-refractivity contribution in [2.75, 3.05) is 18.5 Å². The van der Waals surface area contributed by atoms with E-state index in [-0.39, 0.29) is 17.7 Å². The summed E-state index contributed by atoms with van der Waals surface area (Å²) < 4.78 is 0. The van der Waals surface area contributed by atoms with Crippen LogP contribution < -0.4 is 10.2 Å². The third-order valence-electron chi connectivity index (χ3n) is 3.66. The van der Waals surface area contributed by atoms with Gasteiger partial charge in [-0.2, -0.15) is 0 Å². The molecule has 1 aliphatic heterocycles. The van der Waals surface area contributed by atoms with Gasteiger partial charge in [-0.15, -0.1) is 0 Å². The molecule has 19 heavy (non-hydrogen) atoms. The minimum absolute atomic E-state index is 0.0400. The number of nitrogens with one attached hydrogen (secondary N) is 1. The Kier molecular flexibility index (Phi) is 3.88. The number of rotatable bonds is 2. The molecule has 1 aromatic rings. The predicted octanol–water partition coefficient (Wildman–Crippen LogP) is 1.79. The summed E-state index contributed by atoms with van der Waals surface area (Å²) in [6.07, 6.45) is 1.08. The first-order valence-electron chi connectivity index (χ1n) is 6.60. The number of hydrogen-bond acceptors (Lipinski definition) is 2. The van der Waals surface area contributed by atoms with Gasteiger partial charge in [-0.1, -0.05) is 17.7 Å². The molecule has 0 aliphatic carbocycles. The van der Waals surface area contributed by atoms with Crippen LogP contribution in [0.3, 0.4) is 0 Å². The van der Waals surface area contributed by atoms with Gasteiger partial charge < -0.3 is 10.2 Å². The number of carbonyl (C=O) groups is 2. The van der Waals surface area contributed by atoms with Crippen molar-refractivity contribution < 1.29 is 9.59 Å². The number of anilines is 1. The van der Waals surface area contributed by atoms with Crippen molar-refractivity contribution in [1.29, 1.82) is 0 Å². The summed E-state index contributed by atoms with van der Waals surface area (Å²) in [7, 11) is 1.80. The lowest BCUT2D eigenvalue weighted by molar-refractivity contribution is -0.127. The highest BCUT2D eigenvalue weighted by Gasteiger charge is 2.27. The Morgan fingerprint density at radius 3 is 2.68 bits per heavy atom. The SMILES string of the molecule is Cc1ccc(N(C)C(=O)C2CCC(=O)NC2)c(C)c1. The molecule has 102 valence electrons. The lowest BCUT2D eigenvalue weighted by atomic mass is 9.97. The smallest absolute Gasteiger partial charge is 0.231 e. The van der Waals surface area contributed by atoms with Crippen LogP contribution in [0.25, 0.3) is 0 Å². The van der Waals surface area contributed by atoms with Crippen LogP contribution in [0.15, 0.2) is 18.2 Å². The van der Waals surface area contributed by atoms with E-state index in [9.17, 15) is 9.59 Å². The predicted molar refractivity (Wildman–Crippen MR) is 75.1 cm³/mol. The summed E-state index contributed by atoms with van der Waals surface area (Å²) >= 11 is 0. The average Bonchev–Trinajstić information content (AvgIpc) is 2.38. The van der Waals surface area contributed by atoms with Crippen LogP contribution in [-0.2, 0) is 9.59 Å². The van der Waals surface area contributed by atoms with Gasteiger partial charge in [-0.25, -0.2) is 0 Å². The fourth-order valence-corrected chi connectivity index (χ4v) is 2.52. The van der Waals surface area contributed by atoms with Gasteiger partial charge in [0.1, 0.15) is 0 Å². The second-order valence-corrected chi connectivity index (χ2v) is 5.23. The maximum absolute atomic E-state index is 12.4. The molecule has 1 fully saturated rings. The first-order chi connectivity index (χ1) is 8.99. The number of hydrogen-bond donors (Lipinski definition) is 1. The summed E-state index contributed by atoms with van der Waals surface area (Å²) in [5.41, 5.74) is 3.22. The van der Waals surface area contributed by atoms with Crippen molar-refractivity contribution in [3.63, 3.8) is 0 Å². The van der Waals surface area contributed by atoms with Crippen LogP contribution in [0.5, 0.6) is 0 Å². The topological polar surface area (TPSA) is 49.4 Å². The van der Waals surface area contributed by atoms with Crippen LogP contribution in [-0.4, -0.2) is 25.4 Å². The molecule has 1 unspecified atom stereocenters. The molecule has 1 N–H and O–H groups in total. The number of amides is 2. The van der Waals surface area contributed by atoms with E-state index in [1.165, 1.54) is 5.56 Å². The molecule has 0 radical (unpaired) electrons. The Balaban J connectivity index is 2.12. The fourth-order valence-electron chi connectivity index (χ4n) is 2.52. The van der Waals surface area contributed by atoms with Crippen LogP contribution in [0, 0.1) is 19.8 Å². The monoisotopic (exact) mass is 260 g/mol. The largest absolute Gasteiger partial charge is 0.355 e. The lowest BCUT2D eigenvalue weighted by Gasteiger charge is -2.27. The van der Waals surface area contributed by atoms with Gasteiger partial charge in [0.05, 0.1) is 5.92 Å². The summed E-state index contributed by atoms with van der Waals surface area (Å²) in [5.74, 6) is 0.00794. The fraction of sp³-hybridized carbons (Fsp3) is 0.467. The molecular formula is C15H20N2O2. The van der Waals surface area contributed by atoms with E-state index in [2.05, 4.69) is 11.4 Å². The molecule has 1 atom stereocenters. The second-order valence-electron chi connectivity index (χ2n) is 5.23. The van der Waals surface area contributed by atoms with Gasteiger partial charge in [0.15, 0.2) is 0 Å².